The van der Waals surface area contributed by atoms with E-state index in [-0.39, 0.29) is 18.4 Å². The molecular weight excluding hydrogens is 338 g/mol. The number of fused-ring (bicyclic) bond motifs is 1. The fraction of sp³-hybridized carbons (Fsp3) is 0.500. The van der Waals surface area contributed by atoms with Crippen molar-refractivity contribution in [1.29, 1.82) is 0 Å². The number of ether oxygens (including phenoxy) is 1. The van der Waals surface area contributed by atoms with Crippen LogP contribution in [-0.2, 0) is 9.53 Å². The number of aromatic nitrogens is 1. The number of para-hydroxylation sites is 1. The third kappa shape index (κ3) is 4.28. The van der Waals surface area contributed by atoms with Crippen LogP contribution in [-0.4, -0.2) is 41.6 Å². The van der Waals surface area contributed by atoms with Gasteiger partial charge in [0.2, 0.25) is 5.91 Å². The quantitative estimate of drug-likeness (QED) is 0.885. The van der Waals surface area contributed by atoms with Crippen molar-refractivity contribution in [3.8, 4) is 0 Å². The Kier molecular flexibility index (Phi) is 5.86. The van der Waals surface area contributed by atoms with Crippen LogP contribution in [0.5, 0.6) is 0 Å². The zero-order chi connectivity index (χ0) is 17.6. The molecule has 7 heteroatoms. The predicted octanol–water partition coefficient (Wildman–Crippen LogP) is 3.49. The third-order valence-corrected chi connectivity index (χ3v) is 5.44. The van der Waals surface area contributed by atoms with Gasteiger partial charge in [0.05, 0.1) is 22.9 Å². The fourth-order valence-electron chi connectivity index (χ4n) is 3.12. The lowest BCUT2D eigenvalue weighted by atomic mass is 10.0. The Morgan fingerprint density at radius 2 is 2.20 bits per heavy atom. The van der Waals surface area contributed by atoms with Crippen LogP contribution in [0.1, 0.15) is 43.7 Å². The Hall–Kier alpha value is -2.15. The highest BCUT2D eigenvalue weighted by Crippen LogP contribution is 2.35. The van der Waals surface area contributed by atoms with Gasteiger partial charge in [0, 0.05) is 19.5 Å². The number of hydrogen-bond acceptors (Lipinski definition) is 5. The normalized spacial score (nSPS) is 17.5. The zero-order valence-corrected chi connectivity index (χ0v) is 15.2. The Balaban J connectivity index is 1.66. The predicted molar refractivity (Wildman–Crippen MR) is 97.6 cm³/mol. The van der Waals surface area contributed by atoms with Gasteiger partial charge in [-0.3, -0.25) is 4.79 Å². The lowest BCUT2D eigenvalue weighted by Gasteiger charge is -2.34. The molecule has 0 spiro atoms. The second-order valence-electron chi connectivity index (χ2n) is 6.02. The second kappa shape index (κ2) is 8.29. The molecule has 2 amide bonds. The van der Waals surface area contributed by atoms with E-state index in [1.165, 1.54) is 0 Å². The van der Waals surface area contributed by atoms with E-state index < -0.39 is 6.09 Å². The molecule has 1 atom stereocenters. The van der Waals surface area contributed by atoms with Gasteiger partial charge < -0.3 is 15.0 Å². The number of benzene rings is 1. The molecule has 6 nitrogen and oxygen atoms in total. The highest BCUT2D eigenvalue weighted by molar-refractivity contribution is 7.18. The molecule has 1 fully saturated rings. The summed E-state index contributed by atoms with van der Waals surface area (Å²) in [6.45, 7) is 3.12. The van der Waals surface area contributed by atoms with Gasteiger partial charge in [-0.05, 0) is 38.3 Å². The maximum absolute atomic E-state index is 12.6. The molecular formula is C18H23N3O3S. The Morgan fingerprint density at radius 1 is 1.36 bits per heavy atom. The first kappa shape index (κ1) is 17.7. The van der Waals surface area contributed by atoms with E-state index >= 15 is 0 Å². The van der Waals surface area contributed by atoms with Gasteiger partial charge in [0.25, 0.3) is 0 Å². The van der Waals surface area contributed by atoms with Crippen molar-refractivity contribution >= 4 is 33.6 Å². The van der Waals surface area contributed by atoms with Crippen LogP contribution in [0.25, 0.3) is 10.2 Å². The Morgan fingerprint density at radius 3 is 3.00 bits per heavy atom. The summed E-state index contributed by atoms with van der Waals surface area (Å²) in [6, 6.07) is 8.11. The molecule has 0 bridgehead atoms. The lowest BCUT2D eigenvalue weighted by molar-refractivity contribution is -0.134. The molecule has 2 aromatic rings. The first-order valence-corrected chi connectivity index (χ1v) is 9.56. The van der Waals surface area contributed by atoms with Gasteiger partial charge in [-0.25, -0.2) is 9.78 Å². The van der Waals surface area contributed by atoms with Crippen LogP contribution in [0.2, 0.25) is 0 Å². The Labute approximate surface area is 151 Å². The van der Waals surface area contributed by atoms with Gasteiger partial charge in [-0.2, -0.15) is 0 Å². The average Bonchev–Trinajstić information content (AvgIpc) is 3.06. The number of thiazole rings is 1. The number of alkyl carbamates (subject to hydrolysis) is 1. The zero-order valence-electron chi connectivity index (χ0n) is 14.4. The molecule has 25 heavy (non-hydrogen) atoms. The van der Waals surface area contributed by atoms with Crippen molar-refractivity contribution in [2.45, 2.75) is 38.6 Å². The van der Waals surface area contributed by atoms with Crippen LogP contribution in [0, 0.1) is 0 Å². The molecule has 2 heterocycles. The number of carbonyl (C=O) groups excluding carboxylic acids is 2. The maximum Gasteiger partial charge on any atom is 0.407 e. The first-order valence-electron chi connectivity index (χ1n) is 8.74. The molecule has 1 unspecified atom stereocenters. The molecule has 0 radical (unpaired) electrons. The molecule has 0 saturated carbocycles. The molecule has 1 N–H and O–H groups in total. The number of nitrogens with zero attached hydrogens (tertiary/aromatic N) is 2. The second-order valence-corrected chi connectivity index (χ2v) is 7.08. The molecule has 1 aromatic carbocycles. The summed E-state index contributed by atoms with van der Waals surface area (Å²) in [5.74, 6) is 0.0563. The van der Waals surface area contributed by atoms with Crippen molar-refractivity contribution in [2.24, 2.45) is 0 Å². The molecule has 0 aliphatic carbocycles. The smallest absolute Gasteiger partial charge is 0.407 e. The minimum Gasteiger partial charge on any atom is -0.450 e. The highest BCUT2D eigenvalue weighted by Gasteiger charge is 2.30. The number of nitrogens with one attached hydrogen (secondary N) is 1. The van der Waals surface area contributed by atoms with Crippen LogP contribution in [0.3, 0.4) is 0 Å². The summed E-state index contributed by atoms with van der Waals surface area (Å²) >= 11 is 1.67. The number of piperidine rings is 1. The number of carbonyl (C=O) groups is 2. The van der Waals surface area contributed by atoms with Gasteiger partial charge in [-0.15, -0.1) is 11.3 Å². The van der Waals surface area contributed by atoms with E-state index in [1.807, 2.05) is 23.1 Å². The van der Waals surface area contributed by atoms with Gasteiger partial charge in [-0.1, -0.05) is 12.1 Å². The number of likely N-dealkylation sites (tertiary alicyclic amines) is 1. The summed E-state index contributed by atoms with van der Waals surface area (Å²) < 4.78 is 5.96. The lowest BCUT2D eigenvalue weighted by Crippen LogP contribution is -2.40. The summed E-state index contributed by atoms with van der Waals surface area (Å²) in [6.07, 6.45) is 2.86. The van der Waals surface area contributed by atoms with Crippen LogP contribution in [0.4, 0.5) is 4.79 Å². The van der Waals surface area contributed by atoms with E-state index in [4.69, 9.17) is 9.72 Å². The fourth-order valence-corrected chi connectivity index (χ4v) is 4.23. The van der Waals surface area contributed by atoms with Crippen molar-refractivity contribution in [1.82, 2.24) is 15.2 Å². The Bertz CT molecular complexity index is 713. The van der Waals surface area contributed by atoms with Crippen molar-refractivity contribution in [2.75, 3.05) is 19.7 Å². The van der Waals surface area contributed by atoms with Crippen LogP contribution >= 0.6 is 11.3 Å². The first-order chi connectivity index (χ1) is 12.2. The van der Waals surface area contributed by atoms with Crippen molar-refractivity contribution < 1.29 is 14.3 Å². The van der Waals surface area contributed by atoms with Crippen molar-refractivity contribution in [3.63, 3.8) is 0 Å². The van der Waals surface area contributed by atoms with E-state index in [0.717, 1.165) is 41.0 Å². The molecule has 1 saturated heterocycles. The largest absolute Gasteiger partial charge is 0.450 e. The number of rotatable bonds is 5. The summed E-state index contributed by atoms with van der Waals surface area (Å²) in [4.78, 5) is 30.6. The SMILES string of the molecule is CCOC(=O)NCCC(=O)N1CCCCC1c1nc2ccccc2s1. The molecule has 134 valence electrons. The summed E-state index contributed by atoms with van der Waals surface area (Å²) in [7, 11) is 0. The van der Waals surface area contributed by atoms with Gasteiger partial charge in [0.15, 0.2) is 0 Å². The van der Waals surface area contributed by atoms with Gasteiger partial charge >= 0.3 is 6.09 Å². The maximum atomic E-state index is 12.6. The van der Waals surface area contributed by atoms with Crippen LogP contribution in [0.15, 0.2) is 24.3 Å². The standard InChI is InChI=1S/C18H23N3O3S/c1-2-24-18(23)19-11-10-16(22)21-12-6-5-8-14(21)17-20-13-7-3-4-9-15(13)25-17/h3-4,7,9,14H,2,5-6,8,10-12H2,1H3,(H,19,23). The molecule has 1 aliphatic rings. The van der Waals surface area contributed by atoms with E-state index in [0.29, 0.717) is 13.2 Å². The minimum absolute atomic E-state index is 0.0428. The monoisotopic (exact) mass is 361 g/mol. The average molecular weight is 361 g/mol. The van der Waals surface area contributed by atoms with E-state index in [9.17, 15) is 9.59 Å². The summed E-state index contributed by atoms with van der Waals surface area (Å²) in [5, 5.41) is 3.62. The van der Waals surface area contributed by atoms with E-state index in [2.05, 4.69) is 11.4 Å². The highest BCUT2D eigenvalue weighted by atomic mass is 32.1. The molecule has 1 aliphatic heterocycles. The van der Waals surface area contributed by atoms with E-state index in [1.54, 1.807) is 18.3 Å². The van der Waals surface area contributed by atoms with Crippen LogP contribution < -0.4 is 5.32 Å². The third-order valence-electron chi connectivity index (χ3n) is 4.30. The number of hydrogen-bond donors (Lipinski definition) is 1. The molecule has 3 rings (SSSR count). The topological polar surface area (TPSA) is 71.5 Å². The molecule has 1 aromatic heterocycles. The number of amides is 2. The minimum atomic E-state index is -0.475. The summed E-state index contributed by atoms with van der Waals surface area (Å²) in [5.41, 5.74) is 0.990. The van der Waals surface area contributed by atoms with Crippen molar-refractivity contribution in [3.05, 3.63) is 29.3 Å². The van der Waals surface area contributed by atoms with Gasteiger partial charge in [0.1, 0.15) is 5.01 Å².